The molecule has 0 saturated heterocycles. The highest BCUT2D eigenvalue weighted by molar-refractivity contribution is 9.10. The molecule has 1 N–H and O–H groups in total. The number of benzene rings is 1. The lowest BCUT2D eigenvalue weighted by Crippen LogP contribution is -2.48. The average molecular weight is 351 g/mol. The summed E-state index contributed by atoms with van der Waals surface area (Å²) in [4.78, 5) is 22.9. The number of rotatable bonds is 6. The molecule has 1 aliphatic rings. The summed E-state index contributed by atoms with van der Waals surface area (Å²) in [6, 6.07) is 7.11. The first-order chi connectivity index (χ1) is 9.98. The lowest BCUT2D eigenvalue weighted by molar-refractivity contribution is -0.124. The normalized spacial score (nSPS) is 16.4. The minimum atomic E-state index is -0.840. The van der Waals surface area contributed by atoms with Gasteiger partial charge in [-0.2, -0.15) is 5.26 Å². The second-order valence-corrected chi connectivity index (χ2v) is 6.14. The van der Waals surface area contributed by atoms with Crippen molar-refractivity contribution < 1.29 is 14.3 Å². The molecule has 0 radical (unpaired) electrons. The summed E-state index contributed by atoms with van der Waals surface area (Å²) >= 11 is 3.26. The molecule has 21 heavy (non-hydrogen) atoms. The van der Waals surface area contributed by atoms with Crippen LogP contribution in [0.3, 0.4) is 0 Å². The van der Waals surface area contributed by atoms with Crippen LogP contribution < -0.4 is 10.1 Å². The molecule has 1 amide bonds. The van der Waals surface area contributed by atoms with Crippen LogP contribution in [-0.4, -0.2) is 24.3 Å². The Bertz CT molecular complexity index is 607. The number of amides is 1. The second kappa shape index (κ2) is 6.27. The zero-order valence-electron chi connectivity index (χ0n) is 11.6. The summed E-state index contributed by atoms with van der Waals surface area (Å²) in [6.45, 7) is 1.49. The van der Waals surface area contributed by atoms with Crippen LogP contribution in [-0.2, 0) is 4.79 Å². The van der Waals surface area contributed by atoms with Crippen LogP contribution >= 0.6 is 15.9 Å². The molecule has 6 heteroatoms. The molecule has 1 aliphatic carbocycles. The number of carbonyl (C=O) groups excluding carboxylic acids is 2. The number of nitriles is 1. The third kappa shape index (κ3) is 3.82. The fourth-order valence-corrected chi connectivity index (χ4v) is 2.47. The van der Waals surface area contributed by atoms with Gasteiger partial charge in [0.1, 0.15) is 11.3 Å². The average Bonchev–Trinajstić information content (AvgIpc) is 3.30. The van der Waals surface area contributed by atoms with Crippen LogP contribution in [0.1, 0.15) is 30.1 Å². The second-order valence-electron chi connectivity index (χ2n) is 5.23. The lowest BCUT2D eigenvalue weighted by Gasteiger charge is -2.22. The first-order valence-corrected chi connectivity index (χ1v) is 7.37. The Hall–Kier alpha value is -1.87. The van der Waals surface area contributed by atoms with E-state index in [9.17, 15) is 14.9 Å². The molecule has 0 spiro atoms. The number of nitrogens with zero attached hydrogens (tertiary/aromatic N) is 1. The van der Waals surface area contributed by atoms with E-state index < -0.39 is 5.54 Å². The Morgan fingerprint density at radius 3 is 2.90 bits per heavy atom. The molecular weight excluding hydrogens is 336 g/mol. The molecule has 110 valence electrons. The summed E-state index contributed by atoms with van der Waals surface area (Å²) in [6.07, 6.45) is 2.57. The molecule has 1 saturated carbocycles. The summed E-state index contributed by atoms with van der Waals surface area (Å²) in [7, 11) is 0. The molecule has 1 aromatic rings. The number of ether oxygens (including phenoxy) is 1. The number of hydrogen-bond acceptors (Lipinski definition) is 4. The van der Waals surface area contributed by atoms with E-state index in [0.29, 0.717) is 17.6 Å². The molecule has 0 heterocycles. The van der Waals surface area contributed by atoms with Crippen molar-refractivity contribution in [3.8, 4) is 11.8 Å². The van der Waals surface area contributed by atoms with Gasteiger partial charge in [0.25, 0.3) is 5.91 Å². The zero-order valence-corrected chi connectivity index (χ0v) is 13.1. The molecule has 5 nitrogen and oxygen atoms in total. The van der Waals surface area contributed by atoms with Crippen molar-refractivity contribution in [1.29, 1.82) is 5.26 Å². The van der Waals surface area contributed by atoms with Crippen molar-refractivity contribution >= 4 is 28.1 Å². The van der Waals surface area contributed by atoms with Gasteiger partial charge in [-0.25, -0.2) is 0 Å². The summed E-state index contributed by atoms with van der Waals surface area (Å²) < 4.78 is 6.12. The molecule has 0 bridgehead atoms. The van der Waals surface area contributed by atoms with E-state index in [2.05, 4.69) is 27.3 Å². The van der Waals surface area contributed by atoms with E-state index in [0.717, 1.165) is 17.3 Å². The minimum Gasteiger partial charge on any atom is -0.483 e. The Morgan fingerprint density at radius 2 is 2.33 bits per heavy atom. The highest BCUT2D eigenvalue weighted by Gasteiger charge is 2.43. The van der Waals surface area contributed by atoms with Crippen LogP contribution in [0.5, 0.6) is 5.75 Å². The van der Waals surface area contributed by atoms with Gasteiger partial charge in [-0.1, -0.05) is 15.9 Å². The lowest BCUT2D eigenvalue weighted by atomic mass is 9.98. The van der Waals surface area contributed by atoms with Gasteiger partial charge in [0.2, 0.25) is 0 Å². The predicted molar refractivity (Wildman–Crippen MR) is 79.9 cm³/mol. The maximum absolute atomic E-state index is 11.9. The quantitative estimate of drug-likeness (QED) is 0.799. The number of carbonyl (C=O) groups is 2. The highest BCUT2D eigenvalue weighted by atomic mass is 79.9. The van der Waals surface area contributed by atoms with Crippen molar-refractivity contribution in [2.75, 3.05) is 6.61 Å². The van der Waals surface area contributed by atoms with Crippen molar-refractivity contribution in [2.24, 2.45) is 5.92 Å². The third-order valence-electron chi connectivity index (χ3n) is 3.48. The largest absolute Gasteiger partial charge is 0.483 e. The molecule has 1 atom stereocenters. The van der Waals surface area contributed by atoms with Gasteiger partial charge < -0.3 is 10.1 Å². The zero-order chi connectivity index (χ0) is 15.5. The topological polar surface area (TPSA) is 79.2 Å². The smallest absolute Gasteiger partial charge is 0.259 e. The molecule has 1 fully saturated rings. The number of nitrogens with one attached hydrogen (secondary N) is 1. The first kappa shape index (κ1) is 15.5. The van der Waals surface area contributed by atoms with Crippen LogP contribution in [0, 0.1) is 17.2 Å². The molecule has 2 rings (SSSR count). The van der Waals surface area contributed by atoms with E-state index in [4.69, 9.17) is 4.74 Å². The summed E-state index contributed by atoms with van der Waals surface area (Å²) in [5, 5.41) is 11.9. The van der Waals surface area contributed by atoms with Crippen LogP contribution in [0.15, 0.2) is 22.7 Å². The number of halogens is 1. The van der Waals surface area contributed by atoms with Gasteiger partial charge >= 0.3 is 0 Å². The van der Waals surface area contributed by atoms with Gasteiger partial charge in [-0.15, -0.1) is 0 Å². The van der Waals surface area contributed by atoms with Crippen LogP contribution in [0.4, 0.5) is 0 Å². The van der Waals surface area contributed by atoms with Gasteiger partial charge in [0.15, 0.2) is 12.9 Å². The van der Waals surface area contributed by atoms with E-state index in [1.807, 2.05) is 0 Å². The van der Waals surface area contributed by atoms with E-state index in [1.54, 1.807) is 25.1 Å². The maximum atomic E-state index is 11.9. The van der Waals surface area contributed by atoms with Gasteiger partial charge in [0.05, 0.1) is 11.6 Å². The maximum Gasteiger partial charge on any atom is 0.259 e. The first-order valence-electron chi connectivity index (χ1n) is 6.58. The van der Waals surface area contributed by atoms with Crippen molar-refractivity contribution in [3.63, 3.8) is 0 Å². The Morgan fingerprint density at radius 1 is 1.62 bits per heavy atom. The van der Waals surface area contributed by atoms with E-state index in [1.165, 1.54) is 0 Å². The van der Waals surface area contributed by atoms with Crippen LogP contribution in [0.2, 0.25) is 0 Å². The molecule has 1 aromatic carbocycles. The van der Waals surface area contributed by atoms with E-state index in [-0.39, 0.29) is 18.4 Å². The number of hydrogen-bond donors (Lipinski definition) is 1. The standard InChI is InChI=1S/C15H15BrN2O3/c1-15(9-17,11-2-3-11)18-14(20)8-21-13-5-4-12(16)6-10(13)7-19/h4-7,11H,2-3,8H2,1H3,(H,18,20)/t15-/m1/s1. The number of aldehydes is 1. The predicted octanol–water partition coefficient (Wildman–Crippen LogP) is 2.45. The van der Waals surface area contributed by atoms with Gasteiger partial charge in [0, 0.05) is 4.47 Å². The Labute approximate surface area is 131 Å². The monoisotopic (exact) mass is 350 g/mol. The van der Waals surface area contributed by atoms with Crippen molar-refractivity contribution in [1.82, 2.24) is 5.32 Å². The van der Waals surface area contributed by atoms with Crippen LogP contribution in [0.25, 0.3) is 0 Å². The minimum absolute atomic E-state index is 0.213. The SMILES string of the molecule is C[C@](C#N)(NC(=O)COc1ccc(Br)cc1C=O)C1CC1. The summed E-state index contributed by atoms with van der Waals surface area (Å²) in [5.41, 5.74) is -0.476. The Balaban J connectivity index is 1.95. The Kier molecular flexibility index (Phi) is 4.63. The fourth-order valence-electron chi connectivity index (χ4n) is 2.09. The van der Waals surface area contributed by atoms with Crippen molar-refractivity contribution in [2.45, 2.75) is 25.3 Å². The van der Waals surface area contributed by atoms with Crippen molar-refractivity contribution in [3.05, 3.63) is 28.2 Å². The molecule has 0 aromatic heterocycles. The highest BCUT2D eigenvalue weighted by Crippen LogP contribution is 2.39. The summed E-state index contributed by atoms with van der Waals surface area (Å²) in [5.74, 6) is 0.184. The van der Waals surface area contributed by atoms with E-state index >= 15 is 0 Å². The van der Waals surface area contributed by atoms with Gasteiger partial charge in [-0.3, -0.25) is 9.59 Å². The fraction of sp³-hybridized carbons (Fsp3) is 0.400. The third-order valence-corrected chi connectivity index (χ3v) is 3.98. The molecular formula is C15H15BrN2O3. The molecule has 0 aliphatic heterocycles. The molecule has 0 unspecified atom stereocenters. The van der Waals surface area contributed by atoms with Gasteiger partial charge in [-0.05, 0) is 43.9 Å².